The first-order valence-electron chi connectivity index (χ1n) is 7.66. The number of hydrogen-bond donors (Lipinski definition) is 2. The quantitative estimate of drug-likeness (QED) is 0.431. The Balaban J connectivity index is 1.82. The van der Waals surface area contributed by atoms with Crippen LogP contribution in [0.4, 0.5) is 10.1 Å². The first-order valence-corrected chi connectivity index (χ1v) is 7.66. The van der Waals surface area contributed by atoms with Gasteiger partial charge in [-0.05, 0) is 30.3 Å². The Hall–Kier alpha value is -4.02. The second-order valence-electron chi connectivity index (χ2n) is 5.23. The molecule has 0 aromatic heterocycles. The number of hydrogen-bond acceptors (Lipinski definition) is 7. The Morgan fingerprint density at radius 1 is 1.07 bits per heavy atom. The first kappa shape index (κ1) is 20.3. The molecule has 2 N–H and O–H groups in total. The molecule has 10 nitrogen and oxygen atoms in total. The number of carbonyl (C=O) groups excluding carboxylic acids is 3. The molecule has 2 aromatic carbocycles. The fraction of sp³-hybridized carbons (Fsp3) is 0.118. The molecule has 146 valence electrons. The second kappa shape index (κ2) is 9.07. The van der Waals surface area contributed by atoms with Crippen molar-refractivity contribution in [2.45, 2.75) is 0 Å². The van der Waals surface area contributed by atoms with Crippen molar-refractivity contribution in [3.05, 3.63) is 69.5 Å². The summed E-state index contributed by atoms with van der Waals surface area (Å²) < 4.78 is 23.0. The number of nitrogens with one attached hydrogen (secondary N) is 2. The average Bonchev–Trinajstić information content (AvgIpc) is 2.70. The molecule has 2 aromatic rings. The molecule has 11 heteroatoms. The van der Waals surface area contributed by atoms with E-state index in [1.54, 1.807) is 0 Å². The predicted octanol–water partition coefficient (Wildman–Crippen LogP) is 1.36. The van der Waals surface area contributed by atoms with Crippen molar-refractivity contribution in [2.24, 2.45) is 0 Å². The van der Waals surface area contributed by atoms with Gasteiger partial charge in [0.1, 0.15) is 0 Å². The van der Waals surface area contributed by atoms with Crippen LogP contribution in [0.2, 0.25) is 0 Å². The van der Waals surface area contributed by atoms with Gasteiger partial charge in [0.2, 0.25) is 0 Å². The van der Waals surface area contributed by atoms with Crippen molar-refractivity contribution in [3.8, 4) is 5.75 Å². The lowest BCUT2D eigenvalue weighted by molar-refractivity contribution is -0.384. The Labute approximate surface area is 157 Å². The van der Waals surface area contributed by atoms with E-state index in [9.17, 15) is 28.9 Å². The Morgan fingerprint density at radius 3 is 2.29 bits per heavy atom. The van der Waals surface area contributed by atoms with E-state index in [2.05, 4.69) is 5.43 Å². The van der Waals surface area contributed by atoms with Gasteiger partial charge in [-0.3, -0.25) is 30.6 Å². The van der Waals surface area contributed by atoms with Crippen LogP contribution < -0.4 is 15.6 Å². The van der Waals surface area contributed by atoms with Crippen molar-refractivity contribution in [1.29, 1.82) is 0 Å². The molecular weight excluding hydrogens is 377 g/mol. The lowest BCUT2D eigenvalue weighted by Gasteiger charge is -2.09. The summed E-state index contributed by atoms with van der Waals surface area (Å²) in [5, 5.41) is 10.6. The average molecular weight is 391 g/mol. The third-order valence-electron chi connectivity index (χ3n) is 3.38. The summed E-state index contributed by atoms with van der Waals surface area (Å²) in [6, 6.07) is 8.07. The van der Waals surface area contributed by atoms with Crippen LogP contribution in [-0.4, -0.2) is 36.4 Å². The van der Waals surface area contributed by atoms with Crippen molar-refractivity contribution in [2.75, 3.05) is 13.7 Å². The van der Waals surface area contributed by atoms with E-state index >= 15 is 0 Å². The summed E-state index contributed by atoms with van der Waals surface area (Å²) in [6.45, 7) is -0.729. The van der Waals surface area contributed by atoms with Gasteiger partial charge >= 0.3 is 5.97 Å². The van der Waals surface area contributed by atoms with Crippen molar-refractivity contribution < 1.29 is 33.2 Å². The van der Waals surface area contributed by atoms with Crippen LogP contribution >= 0.6 is 0 Å². The molecule has 0 aliphatic carbocycles. The van der Waals surface area contributed by atoms with Gasteiger partial charge in [0, 0.05) is 17.7 Å². The van der Waals surface area contributed by atoms with Crippen LogP contribution in [0.5, 0.6) is 5.75 Å². The number of benzene rings is 2. The standard InChI is InChI=1S/C17H14FN3O7/c1-27-14-7-4-11(8-13(14)18)17(24)28-9-15(22)19-20-16(23)10-2-5-12(6-3-10)21(25)26/h2-8H,9H2,1H3,(H,19,22)(H,20,23). The number of halogens is 1. The number of hydrazine groups is 1. The number of rotatable bonds is 6. The number of esters is 1. The molecule has 0 bridgehead atoms. The molecule has 2 amide bonds. The van der Waals surface area contributed by atoms with Crippen LogP contribution in [-0.2, 0) is 9.53 Å². The Bertz CT molecular complexity index is 915. The van der Waals surface area contributed by atoms with E-state index in [1.165, 1.54) is 31.4 Å². The minimum absolute atomic E-state index is 0.0525. The molecule has 0 aliphatic rings. The minimum atomic E-state index is -0.946. The summed E-state index contributed by atoms with van der Waals surface area (Å²) in [7, 11) is 1.27. The maximum Gasteiger partial charge on any atom is 0.338 e. The number of nitro groups is 1. The van der Waals surface area contributed by atoms with Gasteiger partial charge in [-0.15, -0.1) is 0 Å². The van der Waals surface area contributed by atoms with E-state index < -0.39 is 35.1 Å². The topological polar surface area (TPSA) is 137 Å². The van der Waals surface area contributed by atoms with Gasteiger partial charge in [0.25, 0.3) is 17.5 Å². The maximum absolute atomic E-state index is 13.6. The SMILES string of the molecule is COc1ccc(C(=O)OCC(=O)NNC(=O)c2ccc([N+](=O)[O-])cc2)cc1F. The molecule has 0 aliphatic heterocycles. The second-order valence-corrected chi connectivity index (χ2v) is 5.23. The zero-order chi connectivity index (χ0) is 20.7. The van der Waals surface area contributed by atoms with Crippen LogP contribution in [0.15, 0.2) is 42.5 Å². The number of methoxy groups -OCH3 is 1. The largest absolute Gasteiger partial charge is 0.494 e. The number of nitro benzene ring substituents is 1. The van der Waals surface area contributed by atoms with Gasteiger partial charge in [-0.1, -0.05) is 0 Å². The highest BCUT2D eigenvalue weighted by Crippen LogP contribution is 2.18. The van der Waals surface area contributed by atoms with Crippen molar-refractivity contribution in [1.82, 2.24) is 10.9 Å². The molecule has 2 rings (SSSR count). The lowest BCUT2D eigenvalue weighted by Crippen LogP contribution is -2.43. The molecule has 0 radical (unpaired) electrons. The Kier molecular flexibility index (Phi) is 6.58. The third kappa shape index (κ3) is 5.24. The van der Waals surface area contributed by atoms with E-state index in [-0.39, 0.29) is 22.6 Å². The lowest BCUT2D eigenvalue weighted by atomic mass is 10.2. The molecule has 28 heavy (non-hydrogen) atoms. The van der Waals surface area contributed by atoms with E-state index in [0.717, 1.165) is 18.2 Å². The van der Waals surface area contributed by atoms with E-state index in [4.69, 9.17) is 9.47 Å². The molecule has 0 heterocycles. The highest BCUT2D eigenvalue weighted by Gasteiger charge is 2.14. The van der Waals surface area contributed by atoms with Gasteiger partial charge in [-0.25, -0.2) is 9.18 Å². The summed E-state index contributed by atoms with van der Waals surface area (Å²) in [4.78, 5) is 45.2. The predicted molar refractivity (Wildman–Crippen MR) is 91.9 cm³/mol. The highest BCUT2D eigenvalue weighted by atomic mass is 19.1. The Morgan fingerprint density at radius 2 is 1.71 bits per heavy atom. The van der Waals surface area contributed by atoms with Crippen LogP contribution in [0, 0.1) is 15.9 Å². The first-order chi connectivity index (χ1) is 13.3. The monoisotopic (exact) mass is 391 g/mol. The van der Waals surface area contributed by atoms with Gasteiger partial charge in [0.15, 0.2) is 18.2 Å². The zero-order valence-corrected chi connectivity index (χ0v) is 14.4. The summed E-state index contributed by atoms with van der Waals surface area (Å²) in [6.07, 6.45) is 0. The molecular formula is C17H14FN3O7. The van der Waals surface area contributed by atoms with Gasteiger partial charge in [0.05, 0.1) is 17.6 Å². The summed E-state index contributed by atoms with van der Waals surface area (Å²) >= 11 is 0. The van der Waals surface area contributed by atoms with Crippen molar-refractivity contribution in [3.63, 3.8) is 0 Å². The molecule has 0 fully saturated rings. The normalized spacial score (nSPS) is 9.93. The van der Waals surface area contributed by atoms with Gasteiger partial charge < -0.3 is 9.47 Å². The number of ether oxygens (including phenoxy) is 2. The van der Waals surface area contributed by atoms with Crippen LogP contribution in [0.1, 0.15) is 20.7 Å². The zero-order valence-electron chi connectivity index (χ0n) is 14.4. The molecule has 0 unspecified atom stereocenters. The molecule has 0 atom stereocenters. The molecule has 0 saturated carbocycles. The van der Waals surface area contributed by atoms with E-state index in [0.29, 0.717) is 0 Å². The smallest absolute Gasteiger partial charge is 0.338 e. The fourth-order valence-electron chi connectivity index (χ4n) is 1.98. The highest BCUT2D eigenvalue weighted by molar-refractivity contribution is 5.96. The summed E-state index contributed by atoms with van der Waals surface area (Å²) in [5.41, 5.74) is 3.82. The number of nitrogens with zero attached hydrogens (tertiary/aromatic N) is 1. The minimum Gasteiger partial charge on any atom is -0.494 e. The van der Waals surface area contributed by atoms with Crippen LogP contribution in [0.25, 0.3) is 0 Å². The maximum atomic E-state index is 13.6. The van der Waals surface area contributed by atoms with Gasteiger partial charge in [-0.2, -0.15) is 0 Å². The molecule has 0 spiro atoms. The number of non-ortho nitro benzene ring substituents is 1. The fourth-order valence-corrected chi connectivity index (χ4v) is 1.98. The van der Waals surface area contributed by atoms with Crippen LogP contribution in [0.3, 0.4) is 0 Å². The number of amides is 2. The number of carbonyl (C=O) groups is 3. The van der Waals surface area contributed by atoms with E-state index in [1.807, 2.05) is 5.43 Å². The summed E-state index contributed by atoms with van der Waals surface area (Å²) in [5.74, 6) is -3.34. The third-order valence-corrected chi connectivity index (χ3v) is 3.38. The van der Waals surface area contributed by atoms with Crippen molar-refractivity contribution >= 4 is 23.5 Å². The molecule has 0 saturated heterocycles.